The Bertz CT molecular complexity index is 820. The van der Waals surface area contributed by atoms with E-state index in [4.69, 9.17) is 0 Å². The maximum absolute atomic E-state index is 11.0. The van der Waals surface area contributed by atoms with E-state index in [0.717, 1.165) is 29.7 Å². The number of likely N-dealkylation sites (N-methyl/N-ethyl adjacent to an activating group) is 2. The van der Waals surface area contributed by atoms with Crippen LogP contribution in [0, 0.1) is 0 Å². The quantitative estimate of drug-likeness (QED) is 0.606. The first-order valence-corrected chi connectivity index (χ1v) is 9.41. The number of hydrazone groups is 1. The lowest BCUT2D eigenvalue weighted by molar-refractivity contribution is 0.461. The third-order valence-electron chi connectivity index (χ3n) is 5.01. The molecule has 0 amide bonds. The molecule has 27 heavy (non-hydrogen) atoms. The maximum atomic E-state index is 11.0. The highest BCUT2D eigenvalue weighted by atomic mass is 16.3. The summed E-state index contributed by atoms with van der Waals surface area (Å²) < 4.78 is 0. The number of para-hydroxylation sites is 1. The summed E-state index contributed by atoms with van der Waals surface area (Å²) in [6, 6.07) is 12.7. The number of benzene rings is 2. The summed E-state index contributed by atoms with van der Waals surface area (Å²) in [6.07, 6.45) is 3.42. The first-order valence-electron chi connectivity index (χ1n) is 9.41. The second-order valence-electron chi connectivity index (χ2n) is 7.17. The van der Waals surface area contributed by atoms with Crippen molar-refractivity contribution in [2.75, 3.05) is 24.6 Å². The molecule has 6 heteroatoms. The number of anilines is 2. The van der Waals surface area contributed by atoms with Gasteiger partial charge in [0.15, 0.2) is 0 Å². The number of hydrogen-bond acceptors (Lipinski definition) is 6. The van der Waals surface area contributed by atoms with Crippen LogP contribution < -0.4 is 21.2 Å². The van der Waals surface area contributed by atoms with Gasteiger partial charge in [-0.2, -0.15) is 10.2 Å². The molecule has 1 aliphatic heterocycles. The van der Waals surface area contributed by atoms with Gasteiger partial charge in [0.1, 0.15) is 11.4 Å². The molecule has 2 unspecified atom stereocenters. The van der Waals surface area contributed by atoms with Gasteiger partial charge in [-0.05, 0) is 64.0 Å². The highest BCUT2D eigenvalue weighted by Crippen LogP contribution is 2.35. The number of phenolic OH excluding ortho intramolecular Hbond substituents is 1. The fourth-order valence-corrected chi connectivity index (χ4v) is 3.16. The van der Waals surface area contributed by atoms with Crippen molar-refractivity contribution >= 4 is 17.6 Å². The van der Waals surface area contributed by atoms with Crippen LogP contribution in [0.25, 0.3) is 0 Å². The highest BCUT2D eigenvalue weighted by Gasteiger charge is 2.20. The van der Waals surface area contributed by atoms with Crippen molar-refractivity contribution in [3.8, 4) is 5.75 Å². The number of phenols is 1. The first kappa shape index (κ1) is 19.2. The van der Waals surface area contributed by atoms with Gasteiger partial charge in [0, 0.05) is 17.6 Å². The second-order valence-corrected chi connectivity index (χ2v) is 7.17. The van der Waals surface area contributed by atoms with Crippen LogP contribution in [0.3, 0.4) is 0 Å². The van der Waals surface area contributed by atoms with Gasteiger partial charge in [-0.1, -0.05) is 24.3 Å². The zero-order chi connectivity index (χ0) is 19.4. The Morgan fingerprint density at radius 2 is 1.78 bits per heavy atom. The van der Waals surface area contributed by atoms with E-state index in [1.807, 2.05) is 50.6 Å². The molecule has 0 aliphatic carbocycles. The predicted octanol–water partition coefficient (Wildman–Crippen LogP) is 2.87. The van der Waals surface area contributed by atoms with E-state index in [9.17, 15) is 5.11 Å². The third kappa shape index (κ3) is 4.40. The smallest absolute Gasteiger partial charge is 0.146 e. The summed E-state index contributed by atoms with van der Waals surface area (Å²) in [6.45, 7) is 4.26. The van der Waals surface area contributed by atoms with Crippen LogP contribution in [-0.4, -0.2) is 37.5 Å². The van der Waals surface area contributed by atoms with Gasteiger partial charge >= 0.3 is 0 Å². The normalized spacial score (nSPS) is 15.2. The molecule has 0 aromatic heterocycles. The molecule has 0 fully saturated rings. The Labute approximate surface area is 161 Å². The number of aromatic hydroxyl groups is 1. The molecule has 1 aliphatic rings. The number of nitrogens with zero attached hydrogens (tertiary/aromatic N) is 2. The minimum absolute atomic E-state index is 0.263. The van der Waals surface area contributed by atoms with Gasteiger partial charge in [0.2, 0.25) is 0 Å². The van der Waals surface area contributed by atoms with Gasteiger partial charge in [-0.15, -0.1) is 0 Å². The summed E-state index contributed by atoms with van der Waals surface area (Å²) in [7, 11) is 3.90. The van der Waals surface area contributed by atoms with E-state index in [0.29, 0.717) is 11.7 Å². The van der Waals surface area contributed by atoms with Crippen molar-refractivity contribution in [3.63, 3.8) is 0 Å². The van der Waals surface area contributed by atoms with Gasteiger partial charge in [0.25, 0.3) is 0 Å². The molecule has 0 radical (unpaired) electrons. The van der Waals surface area contributed by atoms with E-state index in [2.05, 4.69) is 41.1 Å². The zero-order valence-corrected chi connectivity index (χ0v) is 16.5. The lowest BCUT2D eigenvalue weighted by atomic mass is 9.98. The second kappa shape index (κ2) is 8.41. The molecule has 144 valence electrons. The zero-order valence-electron chi connectivity index (χ0n) is 16.5. The molecular formula is C21H29N5O. The maximum Gasteiger partial charge on any atom is 0.146 e. The van der Waals surface area contributed by atoms with Crippen molar-refractivity contribution in [1.82, 2.24) is 10.6 Å². The molecule has 2 aromatic rings. The van der Waals surface area contributed by atoms with Gasteiger partial charge in [0.05, 0.1) is 11.9 Å². The SMILES string of the molecule is CNC(C)Cc1cc(CC(C)NC)c(O)c(N2N=Cc3ccccc3N2)c1. The molecule has 0 spiro atoms. The average molecular weight is 367 g/mol. The highest BCUT2D eigenvalue weighted by molar-refractivity contribution is 5.91. The van der Waals surface area contributed by atoms with Crippen LogP contribution in [0.4, 0.5) is 11.4 Å². The monoisotopic (exact) mass is 367 g/mol. The lowest BCUT2D eigenvalue weighted by Gasteiger charge is -2.28. The van der Waals surface area contributed by atoms with E-state index in [1.165, 1.54) is 5.56 Å². The van der Waals surface area contributed by atoms with E-state index in [-0.39, 0.29) is 11.8 Å². The topological polar surface area (TPSA) is 71.9 Å². The van der Waals surface area contributed by atoms with Gasteiger partial charge in [-0.25, -0.2) is 0 Å². The summed E-state index contributed by atoms with van der Waals surface area (Å²) in [5.41, 5.74) is 8.03. The fourth-order valence-electron chi connectivity index (χ4n) is 3.16. The molecular weight excluding hydrogens is 338 g/mol. The minimum Gasteiger partial charge on any atom is -0.505 e. The van der Waals surface area contributed by atoms with Crippen LogP contribution in [0.1, 0.15) is 30.5 Å². The standard InChI is InChI=1S/C21H29N5O/c1-14(22-3)9-16-11-18(10-15(2)23-4)21(27)20(12-16)26-24-13-17-7-5-6-8-19(17)25-26/h5-8,11-15,22-23,25,27H,9-10H2,1-4H3. The van der Waals surface area contributed by atoms with Crippen molar-refractivity contribution in [1.29, 1.82) is 0 Å². The van der Waals surface area contributed by atoms with E-state index >= 15 is 0 Å². The molecule has 2 atom stereocenters. The fraction of sp³-hybridized carbons (Fsp3) is 0.381. The summed E-state index contributed by atoms with van der Waals surface area (Å²) in [5.74, 6) is 0.266. The van der Waals surface area contributed by atoms with Crippen molar-refractivity contribution in [3.05, 3.63) is 53.1 Å². The van der Waals surface area contributed by atoms with Crippen molar-refractivity contribution in [2.24, 2.45) is 5.10 Å². The number of hydrogen-bond donors (Lipinski definition) is 4. The summed E-state index contributed by atoms with van der Waals surface area (Å²) in [5, 5.41) is 23.6. The Kier molecular flexibility index (Phi) is 5.98. The average Bonchev–Trinajstić information content (AvgIpc) is 2.69. The van der Waals surface area contributed by atoms with Gasteiger partial charge in [-0.3, -0.25) is 5.43 Å². The van der Waals surface area contributed by atoms with Crippen LogP contribution in [0.15, 0.2) is 41.5 Å². The van der Waals surface area contributed by atoms with Crippen LogP contribution >= 0.6 is 0 Å². The Morgan fingerprint density at radius 1 is 1.07 bits per heavy atom. The molecule has 0 saturated heterocycles. The lowest BCUT2D eigenvalue weighted by Crippen LogP contribution is -2.29. The third-order valence-corrected chi connectivity index (χ3v) is 5.01. The van der Waals surface area contributed by atoms with Crippen LogP contribution in [-0.2, 0) is 12.8 Å². The Hall–Kier alpha value is -2.57. The molecule has 2 aromatic carbocycles. The molecule has 0 bridgehead atoms. The van der Waals surface area contributed by atoms with Crippen molar-refractivity contribution in [2.45, 2.75) is 38.8 Å². The minimum atomic E-state index is 0.263. The molecule has 1 heterocycles. The number of fused-ring (bicyclic) bond motifs is 1. The number of rotatable bonds is 7. The molecule has 4 N–H and O–H groups in total. The van der Waals surface area contributed by atoms with Crippen molar-refractivity contribution < 1.29 is 5.11 Å². The first-order chi connectivity index (χ1) is 13.0. The Morgan fingerprint density at radius 3 is 2.52 bits per heavy atom. The number of hydrazine groups is 1. The van der Waals surface area contributed by atoms with E-state index in [1.54, 1.807) is 5.12 Å². The largest absolute Gasteiger partial charge is 0.505 e. The van der Waals surface area contributed by atoms with Crippen LogP contribution in [0.5, 0.6) is 5.75 Å². The Balaban J connectivity index is 1.98. The molecule has 6 nitrogen and oxygen atoms in total. The summed E-state index contributed by atoms with van der Waals surface area (Å²) in [4.78, 5) is 0. The molecule has 3 rings (SSSR count). The van der Waals surface area contributed by atoms with E-state index < -0.39 is 0 Å². The predicted molar refractivity (Wildman–Crippen MR) is 113 cm³/mol. The number of nitrogens with one attached hydrogen (secondary N) is 3. The summed E-state index contributed by atoms with van der Waals surface area (Å²) >= 11 is 0. The van der Waals surface area contributed by atoms with Gasteiger partial charge < -0.3 is 15.7 Å². The van der Waals surface area contributed by atoms with Crippen LogP contribution in [0.2, 0.25) is 0 Å². The molecule has 0 saturated carbocycles.